The highest BCUT2D eigenvalue weighted by Crippen LogP contribution is 2.36. The number of aliphatic hydroxyl groups excluding tert-OH is 1. The molecule has 2 N–H and O–H groups in total. The van der Waals surface area contributed by atoms with Crippen molar-refractivity contribution in [2.45, 2.75) is 19.4 Å². The Kier molecular flexibility index (Phi) is 5.25. The van der Waals surface area contributed by atoms with Gasteiger partial charge in [-0.3, -0.25) is 4.79 Å². The van der Waals surface area contributed by atoms with Crippen molar-refractivity contribution >= 4 is 21.8 Å². The first-order chi connectivity index (χ1) is 9.63. The summed E-state index contributed by atoms with van der Waals surface area (Å²) >= 11 is 3.35. The number of amides is 1. The van der Waals surface area contributed by atoms with E-state index in [1.165, 1.54) is 20.0 Å². The average Bonchev–Trinajstić information content (AvgIpc) is 3.27. The van der Waals surface area contributed by atoms with Crippen LogP contribution in [0.2, 0.25) is 0 Å². The molecule has 110 valence electrons. The third-order valence-electron chi connectivity index (χ3n) is 3.10. The molecule has 0 aliphatic heterocycles. The first kappa shape index (κ1) is 15.1. The van der Waals surface area contributed by atoms with Crippen LogP contribution < -0.4 is 14.8 Å². The Labute approximate surface area is 126 Å². The van der Waals surface area contributed by atoms with Crippen LogP contribution >= 0.6 is 15.9 Å². The molecule has 0 unspecified atom stereocenters. The first-order valence-electron chi connectivity index (χ1n) is 6.50. The molecule has 6 heteroatoms. The highest BCUT2D eigenvalue weighted by molar-refractivity contribution is 9.10. The maximum absolute atomic E-state index is 11.7. The molecule has 0 aromatic heterocycles. The molecule has 5 nitrogen and oxygen atoms in total. The third kappa shape index (κ3) is 4.11. The van der Waals surface area contributed by atoms with Gasteiger partial charge in [0.25, 0.3) is 5.91 Å². The summed E-state index contributed by atoms with van der Waals surface area (Å²) in [5, 5.41) is 12.0. The van der Waals surface area contributed by atoms with E-state index in [4.69, 9.17) is 14.6 Å². The number of rotatable bonds is 7. The van der Waals surface area contributed by atoms with E-state index in [0.717, 1.165) is 6.54 Å². The number of halogens is 1. The van der Waals surface area contributed by atoms with Crippen molar-refractivity contribution in [2.75, 3.05) is 20.3 Å². The number of ether oxygens (including phenoxy) is 2. The van der Waals surface area contributed by atoms with Gasteiger partial charge < -0.3 is 19.9 Å². The molecule has 20 heavy (non-hydrogen) atoms. The molecule has 0 saturated heterocycles. The molecule has 1 fully saturated rings. The number of carbonyl (C=O) groups excluding carboxylic acids is 1. The Balaban J connectivity index is 1.95. The molecule has 0 spiro atoms. The van der Waals surface area contributed by atoms with E-state index in [9.17, 15) is 4.79 Å². The second kappa shape index (κ2) is 6.95. The number of aliphatic hydroxyl groups is 1. The summed E-state index contributed by atoms with van der Waals surface area (Å²) in [7, 11) is 1.52. The standard InChI is InChI=1S/C14H18BrNO4/c1-19-12-5-10(7-17)4-11(15)14(12)20-8-13(18)16-6-9-2-3-9/h4-5,9,17H,2-3,6-8H2,1H3,(H,16,18). The van der Waals surface area contributed by atoms with Gasteiger partial charge >= 0.3 is 0 Å². The summed E-state index contributed by atoms with van der Waals surface area (Å²) in [5.74, 6) is 1.45. The Morgan fingerprint density at radius 3 is 2.85 bits per heavy atom. The van der Waals surface area contributed by atoms with Gasteiger partial charge in [-0.15, -0.1) is 0 Å². The van der Waals surface area contributed by atoms with E-state index < -0.39 is 0 Å². The monoisotopic (exact) mass is 343 g/mol. The van der Waals surface area contributed by atoms with Crippen LogP contribution in [0.15, 0.2) is 16.6 Å². The summed E-state index contributed by atoms with van der Waals surface area (Å²) in [4.78, 5) is 11.7. The Bertz CT molecular complexity index is 488. The lowest BCUT2D eigenvalue weighted by Crippen LogP contribution is -2.30. The van der Waals surface area contributed by atoms with Gasteiger partial charge in [-0.1, -0.05) is 0 Å². The van der Waals surface area contributed by atoms with Crippen molar-refractivity contribution in [2.24, 2.45) is 5.92 Å². The number of nitrogens with one attached hydrogen (secondary N) is 1. The second-order valence-electron chi connectivity index (χ2n) is 4.80. The molecule has 2 rings (SSSR count). The highest BCUT2D eigenvalue weighted by Gasteiger charge is 2.21. The maximum Gasteiger partial charge on any atom is 0.257 e. The van der Waals surface area contributed by atoms with Crippen molar-refractivity contribution in [3.8, 4) is 11.5 Å². The number of hydrogen-bond acceptors (Lipinski definition) is 4. The summed E-state index contributed by atoms with van der Waals surface area (Å²) in [6.07, 6.45) is 2.40. The average molecular weight is 344 g/mol. The molecule has 0 atom stereocenters. The Morgan fingerprint density at radius 2 is 2.25 bits per heavy atom. The topological polar surface area (TPSA) is 67.8 Å². The van der Waals surface area contributed by atoms with Gasteiger partial charge in [0.15, 0.2) is 18.1 Å². The van der Waals surface area contributed by atoms with E-state index in [0.29, 0.717) is 27.5 Å². The normalized spacial score (nSPS) is 13.9. The van der Waals surface area contributed by atoms with Crippen LogP contribution in [-0.2, 0) is 11.4 Å². The zero-order valence-corrected chi connectivity index (χ0v) is 12.9. The van der Waals surface area contributed by atoms with Crippen LogP contribution in [0.3, 0.4) is 0 Å². The Morgan fingerprint density at radius 1 is 1.50 bits per heavy atom. The fourth-order valence-electron chi connectivity index (χ4n) is 1.77. The summed E-state index contributed by atoms with van der Waals surface area (Å²) < 4.78 is 11.4. The lowest BCUT2D eigenvalue weighted by molar-refractivity contribution is -0.123. The molecule has 0 bridgehead atoms. The van der Waals surface area contributed by atoms with Crippen LogP contribution in [0.4, 0.5) is 0 Å². The van der Waals surface area contributed by atoms with Crippen LogP contribution in [0, 0.1) is 5.92 Å². The van der Waals surface area contributed by atoms with Gasteiger partial charge in [-0.05, 0) is 52.4 Å². The lowest BCUT2D eigenvalue weighted by Gasteiger charge is -2.13. The van der Waals surface area contributed by atoms with Gasteiger partial charge in [0.05, 0.1) is 18.2 Å². The van der Waals surface area contributed by atoms with Gasteiger partial charge in [-0.2, -0.15) is 0 Å². The third-order valence-corrected chi connectivity index (χ3v) is 3.69. The summed E-state index contributed by atoms with van der Waals surface area (Å²) in [6.45, 7) is 0.585. The highest BCUT2D eigenvalue weighted by atomic mass is 79.9. The minimum Gasteiger partial charge on any atom is -0.493 e. The quantitative estimate of drug-likeness (QED) is 0.792. The van der Waals surface area contributed by atoms with E-state index in [1.807, 2.05) is 0 Å². The van der Waals surface area contributed by atoms with E-state index >= 15 is 0 Å². The fourth-order valence-corrected chi connectivity index (χ4v) is 2.38. The molecule has 1 aliphatic rings. The van der Waals surface area contributed by atoms with E-state index in [-0.39, 0.29) is 19.1 Å². The van der Waals surface area contributed by atoms with Crippen molar-refractivity contribution in [1.29, 1.82) is 0 Å². The first-order valence-corrected chi connectivity index (χ1v) is 7.30. The van der Waals surface area contributed by atoms with Gasteiger partial charge in [-0.25, -0.2) is 0 Å². The largest absolute Gasteiger partial charge is 0.493 e. The molecule has 1 saturated carbocycles. The molecule has 1 aromatic carbocycles. The zero-order chi connectivity index (χ0) is 14.5. The second-order valence-corrected chi connectivity index (χ2v) is 5.66. The number of hydrogen-bond donors (Lipinski definition) is 2. The molecule has 1 aliphatic carbocycles. The van der Waals surface area contributed by atoms with Gasteiger partial charge in [0.1, 0.15) is 0 Å². The minimum absolute atomic E-state index is 0.0554. The van der Waals surface area contributed by atoms with Crippen molar-refractivity contribution in [1.82, 2.24) is 5.32 Å². The van der Waals surface area contributed by atoms with E-state index in [1.54, 1.807) is 12.1 Å². The molecular weight excluding hydrogens is 326 g/mol. The molecule has 0 radical (unpaired) electrons. The smallest absolute Gasteiger partial charge is 0.257 e. The zero-order valence-electron chi connectivity index (χ0n) is 11.3. The minimum atomic E-state index is -0.142. The summed E-state index contributed by atoms with van der Waals surface area (Å²) in [5.41, 5.74) is 0.708. The fraction of sp³-hybridized carbons (Fsp3) is 0.500. The number of carbonyl (C=O) groups is 1. The van der Waals surface area contributed by atoms with Crippen molar-refractivity contribution in [3.05, 3.63) is 22.2 Å². The number of benzene rings is 1. The van der Waals surface area contributed by atoms with Crippen LogP contribution in [0.1, 0.15) is 18.4 Å². The molecule has 1 aromatic rings. The lowest BCUT2D eigenvalue weighted by atomic mass is 10.2. The van der Waals surface area contributed by atoms with Crippen molar-refractivity contribution < 1.29 is 19.4 Å². The molecular formula is C14H18BrNO4. The summed E-state index contributed by atoms with van der Waals surface area (Å²) in [6, 6.07) is 3.42. The predicted octanol–water partition coefficient (Wildman–Crippen LogP) is 1.85. The Hall–Kier alpha value is -1.27. The van der Waals surface area contributed by atoms with Gasteiger partial charge in [0.2, 0.25) is 0 Å². The van der Waals surface area contributed by atoms with Crippen LogP contribution in [0.5, 0.6) is 11.5 Å². The van der Waals surface area contributed by atoms with Crippen LogP contribution in [0.25, 0.3) is 0 Å². The molecule has 1 amide bonds. The maximum atomic E-state index is 11.7. The van der Waals surface area contributed by atoms with Crippen molar-refractivity contribution in [3.63, 3.8) is 0 Å². The molecule has 0 heterocycles. The number of methoxy groups -OCH3 is 1. The predicted molar refractivity (Wildman–Crippen MR) is 77.8 cm³/mol. The van der Waals surface area contributed by atoms with Gasteiger partial charge in [0, 0.05) is 6.54 Å². The van der Waals surface area contributed by atoms with Crippen LogP contribution in [-0.4, -0.2) is 31.3 Å². The van der Waals surface area contributed by atoms with E-state index in [2.05, 4.69) is 21.2 Å². The SMILES string of the molecule is COc1cc(CO)cc(Br)c1OCC(=O)NCC1CC1.